The van der Waals surface area contributed by atoms with Crippen LogP contribution in [0.5, 0.6) is 0 Å². The maximum absolute atomic E-state index is 13.2. The largest absolute Gasteiger partial charge is 0.326 e. The van der Waals surface area contributed by atoms with Crippen LogP contribution in [0.3, 0.4) is 0 Å². The highest BCUT2D eigenvalue weighted by atomic mass is 16.2. The van der Waals surface area contributed by atoms with E-state index < -0.39 is 5.66 Å². The van der Waals surface area contributed by atoms with Crippen molar-refractivity contribution in [1.29, 1.82) is 0 Å². The van der Waals surface area contributed by atoms with Crippen LogP contribution in [-0.2, 0) is 9.59 Å². The normalized spacial score (nSPS) is 20.5. The van der Waals surface area contributed by atoms with Crippen LogP contribution in [0.25, 0.3) is 0 Å². The summed E-state index contributed by atoms with van der Waals surface area (Å²) < 4.78 is 0. The second kappa shape index (κ2) is 7.35. The van der Waals surface area contributed by atoms with E-state index in [1.165, 1.54) is 0 Å². The standard InChI is InChI=1S/C23H25N3O3/c1-16-7-5-8-17(15-16)24-20(27)11-6-14-25-22(29)18-9-3-4-10-19(18)26-21(28)12-13-23(25,26)2/h3-5,7-10,15H,6,11-14H2,1-2H3,(H,24,27). The minimum atomic E-state index is -0.671. The SMILES string of the molecule is Cc1cccc(NC(=O)CCCN2C(=O)c3ccccc3N3C(=O)CCC23C)c1. The Labute approximate surface area is 170 Å². The van der Waals surface area contributed by atoms with E-state index in [1.54, 1.807) is 15.9 Å². The van der Waals surface area contributed by atoms with Gasteiger partial charge in [-0.25, -0.2) is 0 Å². The molecule has 6 nitrogen and oxygen atoms in total. The number of hydrogen-bond donors (Lipinski definition) is 1. The van der Waals surface area contributed by atoms with Crippen molar-refractivity contribution in [2.45, 2.75) is 45.2 Å². The van der Waals surface area contributed by atoms with E-state index in [9.17, 15) is 14.4 Å². The summed E-state index contributed by atoms with van der Waals surface area (Å²) >= 11 is 0. The van der Waals surface area contributed by atoms with Gasteiger partial charge in [-0.15, -0.1) is 0 Å². The molecule has 3 amide bonds. The van der Waals surface area contributed by atoms with Gasteiger partial charge in [0.05, 0.1) is 11.3 Å². The Balaban J connectivity index is 1.46. The summed E-state index contributed by atoms with van der Waals surface area (Å²) in [6.45, 7) is 4.35. The molecule has 1 N–H and O–H groups in total. The molecule has 2 aliphatic heterocycles. The lowest BCUT2D eigenvalue weighted by Gasteiger charge is -2.48. The van der Waals surface area contributed by atoms with E-state index in [1.807, 2.05) is 56.3 Å². The predicted molar refractivity (Wildman–Crippen MR) is 112 cm³/mol. The van der Waals surface area contributed by atoms with Crippen molar-refractivity contribution >= 4 is 29.1 Å². The number of aryl methyl sites for hydroxylation is 1. The topological polar surface area (TPSA) is 69.7 Å². The number of anilines is 2. The molecule has 2 aromatic carbocycles. The Morgan fingerprint density at radius 1 is 1.14 bits per heavy atom. The van der Waals surface area contributed by atoms with E-state index in [4.69, 9.17) is 0 Å². The molecule has 0 bridgehead atoms. The van der Waals surface area contributed by atoms with Crippen LogP contribution < -0.4 is 10.2 Å². The smallest absolute Gasteiger partial charge is 0.257 e. The zero-order valence-electron chi connectivity index (χ0n) is 16.8. The van der Waals surface area contributed by atoms with Crippen LogP contribution in [0.15, 0.2) is 48.5 Å². The first-order chi connectivity index (χ1) is 13.9. The number of benzene rings is 2. The molecule has 2 heterocycles. The molecule has 1 fully saturated rings. The quantitative estimate of drug-likeness (QED) is 0.845. The second-order valence-electron chi connectivity index (χ2n) is 7.94. The van der Waals surface area contributed by atoms with Gasteiger partial charge < -0.3 is 10.2 Å². The van der Waals surface area contributed by atoms with Crippen molar-refractivity contribution in [3.05, 3.63) is 59.7 Å². The van der Waals surface area contributed by atoms with Gasteiger partial charge in [-0.05, 0) is 56.5 Å². The number of hydrogen-bond acceptors (Lipinski definition) is 3. The molecule has 2 aromatic rings. The first-order valence-electron chi connectivity index (χ1n) is 10.0. The summed E-state index contributed by atoms with van der Waals surface area (Å²) in [6, 6.07) is 14.9. The molecule has 150 valence electrons. The molecule has 0 radical (unpaired) electrons. The third-order valence-electron chi connectivity index (χ3n) is 5.83. The van der Waals surface area contributed by atoms with Gasteiger partial charge in [0.1, 0.15) is 5.66 Å². The molecule has 1 atom stereocenters. The van der Waals surface area contributed by atoms with Crippen LogP contribution in [0.1, 0.15) is 48.5 Å². The average Bonchev–Trinajstić information content (AvgIpc) is 3.00. The number of fused-ring (bicyclic) bond motifs is 3. The molecule has 0 aliphatic carbocycles. The Morgan fingerprint density at radius 2 is 1.93 bits per heavy atom. The molecular formula is C23H25N3O3. The number of amides is 3. The van der Waals surface area contributed by atoms with Gasteiger partial charge in [0.15, 0.2) is 0 Å². The molecule has 4 rings (SSSR count). The van der Waals surface area contributed by atoms with Crippen molar-refractivity contribution in [2.75, 3.05) is 16.8 Å². The monoisotopic (exact) mass is 391 g/mol. The Hall–Kier alpha value is -3.15. The lowest BCUT2D eigenvalue weighted by molar-refractivity contribution is -0.118. The van der Waals surface area contributed by atoms with Gasteiger partial charge in [0.2, 0.25) is 11.8 Å². The fourth-order valence-electron chi connectivity index (χ4n) is 4.39. The number of nitrogens with zero attached hydrogens (tertiary/aromatic N) is 2. The number of carbonyl (C=O) groups excluding carboxylic acids is 3. The number of nitrogens with one attached hydrogen (secondary N) is 1. The number of carbonyl (C=O) groups is 3. The minimum absolute atomic E-state index is 0.0367. The van der Waals surface area contributed by atoms with E-state index >= 15 is 0 Å². The third-order valence-corrected chi connectivity index (χ3v) is 5.83. The van der Waals surface area contributed by atoms with Crippen LogP contribution >= 0.6 is 0 Å². The van der Waals surface area contributed by atoms with Gasteiger partial charge in [-0.1, -0.05) is 24.3 Å². The lowest BCUT2D eigenvalue weighted by atomic mass is 9.98. The second-order valence-corrected chi connectivity index (χ2v) is 7.94. The fraction of sp³-hybridized carbons (Fsp3) is 0.348. The third kappa shape index (κ3) is 3.39. The fourth-order valence-corrected chi connectivity index (χ4v) is 4.39. The van der Waals surface area contributed by atoms with E-state index in [0.717, 1.165) is 11.3 Å². The van der Waals surface area contributed by atoms with Gasteiger partial charge in [-0.3, -0.25) is 19.3 Å². The van der Waals surface area contributed by atoms with Crippen LogP contribution in [0.2, 0.25) is 0 Å². The van der Waals surface area contributed by atoms with E-state index in [-0.39, 0.29) is 17.7 Å². The highest BCUT2D eigenvalue weighted by Crippen LogP contribution is 2.44. The predicted octanol–water partition coefficient (Wildman–Crippen LogP) is 3.71. The molecule has 29 heavy (non-hydrogen) atoms. The first kappa shape index (κ1) is 19.2. The molecule has 1 saturated heterocycles. The lowest BCUT2D eigenvalue weighted by Crippen LogP contribution is -2.62. The Morgan fingerprint density at radius 3 is 2.72 bits per heavy atom. The molecule has 1 unspecified atom stereocenters. The van der Waals surface area contributed by atoms with Crippen molar-refractivity contribution in [2.24, 2.45) is 0 Å². The summed E-state index contributed by atoms with van der Waals surface area (Å²) in [5.41, 5.74) is 2.42. The van der Waals surface area contributed by atoms with Crippen molar-refractivity contribution < 1.29 is 14.4 Å². The first-order valence-corrected chi connectivity index (χ1v) is 10.0. The highest BCUT2D eigenvalue weighted by molar-refractivity contribution is 6.10. The Kier molecular flexibility index (Phi) is 4.86. The molecule has 2 aliphatic rings. The summed E-state index contributed by atoms with van der Waals surface area (Å²) in [6.07, 6.45) is 1.86. The molecule has 6 heteroatoms. The van der Waals surface area contributed by atoms with E-state index in [0.29, 0.717) is 43.5 Å². The van der Waals surface area contributed by atoms with Gasteiger partial charge in [-0.2, -0.15) is 0 Å². The maximum atomic E-state index is 13.2. The van der Waals surface area contributed by atoms with Crippen LogP contribution in [-0.4, -0.2) is 34.8 Å². The molecule has 0 spiro atoms. The van der Waals surface area contributed by atoms with Gasteiger partial charge >= 0.3 is 0 Å². The summed E-state index contributed by atoms with van der Waals surface area (Å²) in [5.74, 6) is -0.118. The number of para-hydroxylation sites is 1. The molecule has 0 aromatic heterocycles. The molecule has 0 saturated carbocycles. The zero-order chi connectivity index (χ0) is 20.6. The maximum Gasteiger partial charge on any atom is 0.257 e. The van der Waals surface area contributed by atoms with Gasteiger partial charge in [0, 0.05) is 25.1 Å². The van der Waals surface area contributed by atoms with Crippen molar-refractivity contribution in [1.82, 2.24) is 4.90 Å². The van der Waals surface area contributed by atoms with Crippen molar-refractivity contribution in [3.8, 4) is 0 Å². The zero-order valence-corrected chi connectivity index (χ0v) is 16.8. The summed E-state index contributed by atoms with van der Waals surface area (Å²) in [7, 11) is 0. The summed E-state index contributed by atoms with van der Waals surface area (Å²) in [4.78, 5) is 41.6. The van der Waals surface area contributed by atoms with Gasteiger partial charge in [0.25, 0.3) is 5.91 Å². The average molecular weight is 391 g/mol. The number of rotatable bonds is 5. The van der Waals surface area contributed by atoms with E-state index in [2.05, 4.69) is 5.32 Å². The Bertz CT molecular complexity index is 987. The van der Waals surface area contributed by atoms with Crippen LogP contribution in [0.4, 0.5) is 11.4 Å². The summed E-state index contributed by atoms with van der Waals surface area (Å²) in [5, 5.41) is 2.90. The van der Waals surface area contributed by atoms with Crippen LogP contribution in [0, 0.1) is 6.92 Å². The molecular weight excluding hydrogens is 366 g/mol. The minimum Gasteiger partial charge on any atom is -0.326 e. The highest BCUT2D eigenvalue weighted by Gasteiger charge is 2.52. The van der Waals surface area contributed by atoms with Crippen molar-refractivity contribution in [3.63, 3.8) is 0 Å².